The number of hydrogen-bond donors (Lipinski definition) is 2. The van der Waals surface area contributed by atoms with Crippen LogP contribution in [-0.4, -0.2) is 53.5 Å². The summed E-state index contributed by atoms with van der Waals surface area (Å²) in [7, 11) is 2.96. The molecule has 2 N–H and O–H groups in total. The van der Waals surface area contributed by atoms with Crippen LogP contribution in [0, 0.1) is 0 Å². The lowest BCUT2D eigenvalue weighted by atomic mass is 9.95. The number of nitrogens with zero attached hydrogens (tertiary/aromatic N) is 1. The largest absolute Gasteiger partial charge is 0.507 e. The zero-order chi connectivity index (χ0) is 24.0. The molecule has 1 saturated heterocycles. The van der Waals surface area contributed by atoms with Gasteiger partial charge in [0.2, 0.25) is 0 Å². The topological polar surface area (TPSA) is 113 Å². The molecular weight excluding hydrogens is 426 g/mol. The smallest absolute Gasteiger partial charge is 0.303 e. The Kier molecular flexibility index (Phi) is 7.71. The van der Waals surface area contributed by atoms with Crippen molar-refractivity contribution < 1.29 is 34.1 Å². The normalized spacial score (nSPS) is 17.3. The fraction of sp³-hybridized carbons (Fsp3) is 0.320. The number of carboxylic acid groups (broad SMARTS) is 1. The van der Waals surface area contributed by atoms with Crippen molar-refractivity contribution in [1.29, 1.82) is 0 Å². The number of carboxylic acids is 1. The van der Waals surface area contributed by atoms with Crippen LogP contribution in [0.2, 0.25) is 0 Å². The van der Waals surface area contributed by atoms with Crippen molar-refractivity contribution in [3.8, 4) is 11.5 Å². The highest BCUT2D eigenvalue weighted by molar-refractivity contribution is 6.46. The van der Waals surface area contributed by atoms with Crippen molar-refractivity contribution in [2.45, 2.75) is 31.7 Å². The highest BCUT2D eigenvalue weighted by Gasteiger charge is 2.45. The van der Waals surface area contributed by atoms with E-state index >= 15 is 0 Å². The quantitative estimate of drug-likeness (QED) is 0.244. The van der Waals surface area contributed by atoms with Crippen LogP contribution in [0.1, 0.15) is 42.9 Å². The van der Waals surface area contributed by atoms with Crippen LogP contribution in [0.4, 0.5) is 0 Å². The van der Waals surface area contributed by atoms with Gasteiger partial charge < -0.3 is 24.6 Å². The molecule has 1 unspecified atom stereocenters. The summed E-state index contributed by atoms with van der Waals surface area (Å²) in [4.78, 5) is 38.1. The van der Waals surface area contributed by atoms with Crippen LogP contribution in [0.3, 0.4) is 0 Å². The van der Waals surface area contributed by atoms with Crippen LogP contribution >= 0.6 is 0 Å². The van der Waals surface area contributed by atoms with E-state index in [2.05, 4.69) is 0 Å². The number of ether oxygens (including phenoxy) is 2. The second-order valence-electron chi connectivity index (χ2n) is 7.68. The number of benzene rings is 2. The summed E-state index contributed by atoms with van der Waals surface area (Å²) in [6.07, 6.45) is 1.69. The van der Waals surface area contributed by atoms with Gasteiger partial charge in [0, 0.05) is 18.5 Å². The van der Waals surface area contributed by atoms with Crippen molar-refractivity contribution in [2.75, 3.05) is 20.8 Å². The molecule has 174 valence electrons. The van der Waals surface area contributed by atoms with E-state index in [9.17, 15) is 19.5 Å². The Balaban J connectivity index is 1.99. The van der Waals surface area contributed by atoms with E-state index in [0.29, 0.717) is 41.9 Å². The number of aliphatic hydroxyl groups is 1. The number of rotatable bonds is 10. The summed E-state index contributed by atoms with van der Waals surface area (Å²) in [6.45, 7) is 0.270. The van der Waals surface area contributed by atoms with Gasteiger partial charge in [0.1, 0.15) is 5.76 Å². The van der Waals surface area contributed by atoms with Crippen molar-refractivity contribution in [1.82, 2.24) is 4.90 Å². The van der Waals surface area contributed by atoms with Crippen molar-refractivity contribution >= 4 is 23.4 Å². The summed E-state index contributed by atoms with van der Waals surface area (Å²) < 4.78 is 10.5. The third-order valence-corrected chi connectivity index (χ3v) is 5.60. The van der Waals surface area contributed by atoms with E-state index in [1.54, 1.807) is 42.5 Å². The molecule has 33 heavy (non-hydrogen) atoms. The zero-order valence-corrected chi connectivity index (χ0v) is 18.6. The van der Waals surface area contributed by atoms with Gasteiger partial charge in [-0.1, -0.05) is 36.8 Å². The summed E-state index contributed by atoms with van der Waals surface area (Å²) in [5.74, 6) is -1.77. The van der Waals surface area contributed by atoms with Gasteiger partial charge in [-0.2, -0.15) is 0 Å². The number of aliphatic carboxylic acids is 1. The molecule has 8 heteroatoms. The number of carbonyl (C=O) groups is 3. The minimum atomic E-state index is -0.866. The number of amides is 1. The number of unbranched alkanes of at least 4 members (excludes halogenated alkanes) is 2. The Morgan fingerprint density at radius 1 is 0.939 bits per heavy atom. The highest BCUT2D eigenvalue weighted by Crippen LogP contribution is 2.40. The maximum atomic E-state index is 13.0. The van der Waals surface area contributed by atoms with Gasteiger partial charge in [0.15, 0.2) is 11.5 Å². The summed E-state index contributed by atoms with van der Waals surface area (Å²) in [5.41, 5.74) is 1.03. The van der Waals surface area contributed by atoms with Crippen LogP contribution in [-0.2, 0) is 14.4 Å². The molecule has 2 aromatic rings. The number of hydrogen-bond acceptors (Lipinski definition) is 6. The minimum Gasteiger partial charge on any atom is -0.507 e. The lowest BCUT2D eigenvalue weighted by Gasteiger charge is -2.25. The average Bonchev–Trinajstić information content (AvgIpc) is 3.08. The Hall–Kier alpha value is -3.81. The molecule has 1 amide bonds. The van der Waals surface area contributed by atoms with E-state index in [1.165, 1.54) is 19.1 Å². The van der Waals surface area contributed by atoms with E-state index in [0.717, 1.165) is 0 Å². The van der Waals surface area contributed by atoms with Crippen molar-refractivity contribution in [3.05, 3.63) is 65.2 Å². The number of carbonyl (C=O) groups excluding carboxylic acids is 2. The molecule has 0 radical (unpaired) electrons. The first-order valence-corrected chi connectivity index (χ1v) is 10.7. The first-order chi connectivity index (χ1) is 15.9. The molecule has 0 bridgehead atoms. The molecule has 3 rings (SSSR count). The van der Waals surface area contributed by atoms with Gasteiger partial charge in [-0.05, 0) is 36.6 Å². The lowest BCUT2D eigenvalue weighted by molar-refractivity contribution is -0.140. The van der Waals surface area contributed by atoms with Gasteiger partial charge in [0.25, 0.3) is 11.7 Å². The van der Waals surface area contributed by atoms with Gasteiger partial charge in [0.05, 0.1) is 25.8 Å². The summed E-state index contributed by atoms with van der Waals surface area (Å²) in [6, 6.07) is 13.1. The van der Waals surface area contributed by atoms with E-state index in [4.69, 9.17) is 14.6 Å². The molecular formula is C25H27NO7. The van der Waals surface area contributed by atoms with Crippen LogP contribution in [0.25, 0.3) is 5.76 Å². The Morgan fingerprint density at radius 2 is 1.64 bits per heavy atom. The maximum Gasteiger partial charge on any atom is 0.303 e. The predicted octanol–water partition coefficient (Wildman–Crippen LogP) is 3.77. The first-order valence-electron chi connectivity index (χ1n) is 10.7. The molecule has 1 aliphatic heterocycles. The molecule has 0 aromatic heterocycles. The Labute approximate surface area is 192 Å². The Morgan fingerprint density at radius 3 is 2.27 bits per heavy atom. The molecule has 0 aliphatic carbocycles. The second kappa shape index (κ2) is 10.7. The lowest BCUT2D eigenvalue weighted by Crippen LogP contribution is -2.30. The standard InChI is InChI=1S/C25H27NO7/c1-32-18-13-12-17(15-19(18)33-2)23(29)21-22(16-9-5-3-6-10-16)26(25(31)24(21)30)14-8-4-7-11-20(27)28/h3,5-6,9-10,12-13,15,22,29H,4,7-8,11,14H2,1-2H3,(H,27,28). The zero-order valence-electron chi connectivity index (χ0n) is 18.6. The molecule has 2 aromatic carbocycles. The number of aliphatic hydroxyl groups excluding tert-OH is 1. The second-order valence-corrected chi connectivity index (χ2v) is 7.68. The van der Waals surface area contributed by atoms with E-state index < -0.39 is 23.7 Å². The first kappa shape index (κ1) is 23.8. The summed E-state index contributed by atoms with van der Waals surface area (Å²) >= 11 is 0. The van der Waals surface area contributed by atoms with Gasteiger partial charge in [-0.25, -0.2) is 0 Å². The third kappa shape index (κ3) is 5.16. The maximum absolute atomic E-state index is 13.0. The molecule has 0 spiro atoms. The average molecular weight is 453 g/mol. The number of likely N-dealkylation sites (tertiary alicyclic amines) is 1. The predicted molar refractivity (Wildman–Crippen MR) is 121 cm³/mol. The summed E-state index contributed by atoms with van der Waals surface area (Å²) in [5, 5.41) is 19.9. The number of Topliss-reactive ketones (excluding diaryl/α,β-unsaturated/α-hetero) is 1. The van der Waals surface area contributed by atoms with Gasteiger partial charge in [-0.3, -0.25) is 14.4 Å². The monoisotopic (exact) mass is 453 g/mol. The fourth-order valence-electron chi connectivity index (χ4n) is 3.97. The number of methoxy groups -OCH3 is 2. The Bertz CT molecular complexity index is 1060. The molecule has 1 atom stereocenters. The molecule has 1 heterocycles. The number of ketones is 1. The fourth-order valence-corrected chi connectivity index (χ4v) is 3.97. The molecule has 8 nitrogen and oxygen atoms in total. The molecule has 0 saturated carbocycles. The van der Waals surface area contributed by atoms with Crippen molar-refractivity contribution in [2.24, 2.45) is 0 Å². The highest BCUT2D eigenvalue weighted by atomic mass is 16.5. The molecule has 1 fully saturated rings. The SMILES string of the molecule is COc1ccc(C(O)=C2C(=O)C(=O)N(CCCCCC(=O)O)C2c2ccccc2)cc1OC. The third-order valence-electron chi connectivity index (χ3n) is 5.60. The van der Waals surface area contributed by atoms with Crippen molar-refractivity contribution in [3.63, 3.8) is 0 Å². The van der Waals surface area contributed by atoms with Crippen LogP contribution < -0.4 is 9.47 Å². The van der Waals surface area contributed by atoms with Crippen LogP contribution in [0.15, 0.2) is 54.1 Å². The van der Waals surface area contributed by atoms with E-state index in [1.807, 2.05) is 6.07 Å². The minimum absolute atomic E-state index is 0.00366. The van der Waals surface area contributed by atoms with Crippen LogP contribution in [0.5, 0.6) is 11.5 Å². The van der Waals surface area contributed by atoms with Gasteiger partial charge >= 0.3 is 5.97 Å². The van der Waals surface area contributed by atoms with Gasteiger partial charge in [-0.15, -0.1) is 0 Å². The molecule has 1 aliphatic rings. The van der Waals surface area contributed by atoms with E-state index in [-0.39, 0.29) is 24.3 Å².